The van der Waals surface area contributed by atoms with Crippen molar-refractivity contribution in [1.29, 1.82) is 0 Å². The fraction of sp³-hybridized carbons (Fsp3) is 0.419. The van der Waals surface area contributed by atoms with Gasteiger partial charge < -0.3 is 14.7 Å². The molecule has 0 N–H and O–H groups in total. The SMILES string of the molecule is CC(C)(C)c1ccc(N2c3cc(N4c5ccc(C(C)(C)C)cc5C5(C)CCC45C)ccc3B3c4ccc(C(C)(C)C)cc4N(c4cccc(C(C)(C)C)c4)c4cc(C(C)(C)C)cc2c43)cc1. The van der Waals surface area contributed by atoms with Crippen LogP contribution < -0.4 is 31.1 Å². The number of fused-ring (bicyclic) bond motifs is 7. The molecule has 66 heavy (non-hydrogen) atoms. The Morgan fingerprint density at radius 1 is 0.394 bits per heavy atom. The van der Waals surface area contributed by atoms with Crippen molar-refractivity contribution in [2.24, 2.45) is 0 Å². The molecule has 6 aromatic carbocycles. The molecule has 0 spiro atoms. The van der Waals surface area contributed by atoms with Crippen LogP contribution in [-0.4, -0.2) is 12.3 Å². The molecular formula is C62H74BN3. The van der Waals surface area contributed by atoms with Crippen molar-refractivity contribution in [3.63, 3.8) is 0 Å². The molecule has 3 nitrogen and oxygen atoms in total. The maximum Gasteiger partial charge on any atom is 0.252 e. The Morgan fingerprint density at radius 2 is 0.864 bits per heavy atom. The van der Waals surface area contributed by atoms with E-state index in [0.29, 0.717) is 0 Å². The van der Waals surface area contributed by atoms with Gasteiger partial charge in [-0.05, 0) is 157 Å². The average molecular weight is 872 g/mol. The normalized spacial score (nSPS) is 20.1. The zero-order valence-electron chi connectivity index (χ0n) is 43.3. The van der Waals surface area contributed by atoms with E-state index >= 15 is 0 Å². The van der Waals surface area contributed by atoms with E-state index in [2.05, 4.69) is 248 Å². The minimum atomic E-state index is -0.105. The molecule has 3 aliphatic heterocycles. The lowest BCUT2D eigenvalue weighted by atomic mass is 9.33. The Labute approximate surface area is 398 Å². The predicted molar refractivity (Wildman–Crippen MR) is 288 cm³/mol. The van der Waals surface area contributed by atoms with E-state index in [1.807, 2.05) is 0 Å². The monoisotopic (exact) mass is 872 g/mol. The summed E-state index contributed by atoms with van der Waals surface area (Å²) < 4.78 is 0. The molecule has 0 bridgehead atoms. The molecule has 10 rings (SSSR count). The Bertz CT molecular complexity index is 2940. The van der Waals surface area contributed by atoms with Crippen molar-refractivity contribution in [3.05, 3.63) is 149 Å². The summed E-state index contributed by atoms with van der Waals surface area (Å²) in [5.74, 6) is 0. The number of nitrogens with zero attached hydrogens (tertiary/aromatic N) is 3. The van der Waals surface area contributed by atoms with Gasteiger partial charge in [-0.1, -0.05) is 165 Å². The zero-order chi connectivity index (χ0) is 47.5. The van der Waals surface area contributed by atoms with Crippen LogP contribution in [0.25, 0.3) is 0 Å². The van der Waals surface area contributed by atoms with Gasteiger partial charge in [0, 0.05) is 50.9 Å². The van der Waals surface area contributed by atoms with E-state index in [0.717, 1.165) is 6.42 Å². The van der Waals surface area contributed by atoms with Crippen LogP contribution in [0.3, 0.4) is 0 Å². The number of benzene rings is 6. The van der Waals surface area contributed by atoms with Crippen LogP contribution in [-0.2, 0) is 32.5 Å². The number of hydrogen-bond acceptors (Lipinski definition) is 3. The highest BCUT2D eigenvalue weighted by atomic mass is 15.3. The van der Waals surface area contributed by atoms with Gasteiger partial charge in [-0.15, -0.1) is 0 Å². The topological polar surface area (TPSA) is 9.72 Å². The van der Waals surface area contributed by atoms with E-state index in [1.54, 1.807) is 0 Å². The van der Waals surface area contributed by atoms with Crippen LogP contribution in [0.15, 0.2) is 115 Å². The van der Waals surface area contributed by atoms with Crippen molar-refractivity contribution >= 4 is 68.6 Å². The molecule has 0 saturated heterocycles. The Kier molecular flexibility index (Phi) is 9.57. The summed E-state index contributed by atoms with van der Waals surface area (Å²) in [7, 11) is 0. The molecule has 1 fully saturated rings. The van der Waals surface area contributed by atoms with Crippen LogP contribution in [0.4, 0.5) is 45.5 Å². The maximum absolute atomic E-state index is 2.74. The first-order chi connectivity index (χ1) is 30.6. The third-order valence-electron chi connectivity index (χ3n) is 16.5. The second kappa shape index (κ2) is 14.2. The van der Waals surface area contributed by atoms with Gasteiger partial charge in [-0.25, -0.2) is 0 Å². The fourth-order valence-electron chi connectivity index (χ4n) is 11.8. The summed E-state index contributed by atoms with van der Waals surface area (Å²) in [6.07, 6.45) is 2.37. The summed E-state index contributed by atoms with van der Waals surface area (Å²) in [5.41, 5.74) is 22.6. The van der Waals surface area contributed by atoms with Crippen LogP contribution >= 0.6 is 0 Å². The van der Waals surface area contributed by atoms with E-state index in [4.69, 9.17) is 0 Å². The molecule has 2 unspecified atom stereocenters. The molecule has 1 aliphatic carbocycles. The molecule has 1 saturated carbocycles. The van der Waals surface area contributed by atoms with Gasteiger partial charge in [0.05, 0.1) is 5.54 Å². The average Bonchev–Trinajstić information content (AvgIpc) is 3.36. The van der Waals surface area contributed by atoms with Crippen LogP contribution in [0.1, 0.15) is 164 Å². The van der Waals surface area contributed by atoms with Crippen LogP contribution in [0.5, 0.6) is 0 Å². The van der Waals surface area contributed by atoms with Crippen LogP contribution in [0, 0.1) is 0 Å². The molecule has 0 radical (unpaired) electrons. The third-order valence-corrected chi connectivity index (χ3v) is 16.5. The lowest BCUT2D eigenvalue weighted by Crippen LogP contribution is -2.62. The van der Waals surface area contributed by atoms with Crippen LogP contribution in [0.2, 0.25) is 0 Å². The second-order valence-corrected chi connectivity index (χ2v) is 26.1. The quantitative estimate of drug-likeness (QED) is 0.164. The highest BCUT2D eigenvalue weighted by Gasteiger charge is 2.63. The van der Waals surface area contributed by atoms with Crippen molar-refractivity contribution in [3.8, 4) is 0 Å². The van der Waals surface area contributed by atoms with Gasteiger partial charge >= 0.3 is 0 Å². The first kappa shape index (κ1) is 44.6. The minimum Gasteiger partial charge on any atom is -0.334 e. The largest absolute Gasteiger partial charge is 0.334 e. The number of anilines is 8. The first-order valence-corrected chi connectivity index (χ1v) is 24.8. The fourth-order valence-corrected chi connectivity index (χ4v) is 11.8. The Morgan fingerprint density at radius 3 is 1.42 bits per heavy atom. The number of rotatable bonds is 3. The molecule has 3 heterocycles. The molecular weight excluding hydrogens is 798 g/mol. The molecule has 0 aromatic heterocycles. The van der Waals surface area contributed by atoms with Crippen molar-refractivity contribution in [2.75, 3.05) is 14.7 Å². The first-order valence-electron chi connectivity index (χ1n) is 24.8. The molecule has 2 atom stereocenters. The van der Waals surface area contributed by atoms with Crippen molar-refractivity contribution in [2.45, 2.75) is 169 Å². The molecule has 0 amide bonds. The van der Waals surface area contributed by atoms with E-state index in [9.17, 15) is 0 Å². The van der Waals surface area contributed by atoms with Gasteiger partial charge in [0.2, 0.25) is 0 Å². The molecule has 6 aromatic rings. The highest BCUT2D eigenvalue weighted by molar-refractivity contribution is 7.00. The maximum atomic E-state index is 2.74. The predicted octanol–water partition coefficient (Wildman–Crippen LogP) is 15.2. The third kappa shape index (κ3) is 6.65. The minimum absolute atomic E-state index is 0.00247. The zero-order valence-corrected chi connectivity index (χ0v) is 43.3. The summed E-state index contributed by atoms with van der Waals surface area (Å²) in [4.78, 5) is 7.99. The lowest BCUT2D eigenvalue weighted by molar-refractivity contribution is 0.133. The second-order valence-electron chi connectivity index (χ2n) is 26.1. The molecule has 4 aliphatic rings. The summed E-state index contributed by atoms with van der Waals surface area (Å²) in [6, 6.07) is 46.2. The standard InChI is InChI=1S/C62H74BN3/c1-56(2,3)39-21-25-44(26-22-39)64-52-38-46(66-50-30-24-41(58(7,8)9)34-47(50)61(16)31-32-62(61,66)17)27-29-49(52)63-48-28-23-42(59(10,11)12)35-51(48)65(45-20-18-19-40(33-45)57(4,5)6)54-37-43(60(13,14)15)36-53(64)55(54)63/h18-30,33-38H,31-32H2,1-17H3. The van der Waals surface area contributed by atoms with Gasteiger partial charge in [0.1, 0.15) is 0 Å². The lowest BCUT2D eigenvalue weighted by Gasteiger charge is -2.56. The van der Waals surface area contributed by atoms with Gasteiger partial charge in [0.25, 0.3) is 6.71 Å². The van der Waals surface area contributed by atoms with Gasteiger partial charge in [0.15, 0.2) is 0 Å². The summed E-state index contributed by atoms with van der Waals surface area (Å²) in [6.45, 7) is 40.2. The summed E-state index contributed by atoms with van der Waals surface area (Å²) >= 11 is 0. The highest BCUT2D eigenvalue weighted by Crippen LogP contribution is 2.65. The van der Waals surface area contributed by atoms with Crippen molar-refractivity contribution in [1.82, 2.24) is 0 Å². The summed E-state index contributed by atoms with van der Waals surface area (Å²) in [5, 5.41) is 0. The number of hydrogen-bond donors (Lipinski definition) is 0. The smallest absolute Gasteiger partial charge is 0.252 e. The van der Waals surface area contributed by atoms with Crippen molar-refractivity contribution < 1.29 is 0 Å². The van der Waals surface area contributed by atoms with Gasteiger partial charge in [-0.3, -0.25) is 0 Å². The van der Waals surface area contributed by atoms with E-state index in [1.165, 1.54) is 102 Å². The molecule has 4 heteroatoms. The van der Waals surface area contributed by atoms with E-state index in [-0.39, 0.29) is 44.7 Å². The van der Waals surface area contributed by atoms with E-state index < -0.39 is 0 Å². The van der Waals surface area contributed by atoms with Gasteiger partial charge in [-0.2, -0.15) is 0 Å². The Hall–Kier alpha value is -5.22. The molecule has 340 valence electrons. The Balaban J connectivity index is 1.28.